The fourth-order valence-electron chi connectivity index (χ4n) is 2.48. The van der Waals surface area contributed by atoms with Crippen molar-refractivity contribution < 1.29 is 19.7 Å². The second-order valence-corrected chi connectivity index (χ2v) is 5.29. The van der Waals surface area contributed by atoms with Crippen molar-refractivity contribution in [1.29, 1.82) is 0 Å². The van der Waals surface area contributed by atoms with Gasteiger partial charge in [0.2, 0.25) is 0 Å². The van der Waals surface area contributed by atoms with E-state index in [2.05, 4.69) is 5.32 Å². The van der Waals surface area contributed by atoms with Crippen LogP contribution >= 0.6 is 0 Å². The second-order valence-electron chi connectivity index (χ2n) is 5.29. The van der Waals surface area contributed by atoms with Crippen LogP contribution in [0.3, 0.4) is 0 Å². The molecule has 2 amide bonds. The summed E-state index contributed by atoms with van der Waals surface area (Å²) >= 11 is 0. The molecule has 6 nitrogen and oxygen atoms in total. The average Bonchev–Trinajstić information content (AvgIpc) is 2.75. The number of benzene rings is 1. The number of urea groups is 1. The number of aliphatic hydroxyl groups excluding tert-OH is 2. The molecule has 2 rings (SSSR count). The number of rotatable bonds is 3. The van der Waals surface area contributed by atoms with Gasteiger partial charge in [0.05, 0.1) is 25.4 Å². The van der Waals surface area contributed by atoms with E-state index in [1.807, 2.05) is 0 Å². The Kier molecular flexibility index (Phi) is 4.15. The van der Waals surface area contributed by atoms with Gasteiger partial charge in [-0.3, -0.25) is 0 Å². The van der Waals surface area contributed by atoms with E-state index in [0.717, 1.165) is 0 Å². The topological polar surface area (TPSA) is 82.0 Å². The summed E-state index contributed by atoms with van der Waals surface area (Å²) in [7, 11) is 1.56. The van der Waals surface area contributed by atoms with Crippen molar-refractivity contribution in [2.45, 2.75) is 25.0 Å². The molecule has 1 aromatic carbocycles. The Labute approximate surface area is 118 Å². The third-order valence-corrected chi connectivity index (χ3v) is 3.63. The maximum Gasteiger partial charge on any atom is 0.322 e. The first-order chi connectivity index (χ1) is 9.48. The Morgan fingerprint density at radius 3 is 3.00 bits per heavy atom. The smallest absolute Gasteiger partial charge is 0.322 e. The van der Waals surface area contributed by atoms with Gasteiger partial charge in [-0.2, -0.15) is 0 Å². The zero-order chi connectivity index (χ0) is 14.8. The summed E-state index contributed by atoms with van der Waals surface area (Å²) in [5.41, 5.74) is -0.126. The van der Waals surface area contributed by atoms with Crippen LogP contribution in [0, 0.1) is 0 Å². The first-order valence-corrected chi connectivity index (χ1v) is 6.50. The molecule has 1 heterocycles. The largest absolute Gasteiger partial charge is 0.497 e. The van der Waals surface area contributed by atoms with E-state index in [-0.39, 0.29) is 19.2 Å². The van der Waals surface area contributed by atoms with Gasteiger partial charge in [0, 0.05) is 24.7 Å². The third-order valence-electron chi connectivity index (χ3n) is 3.63. The van der Waals surface area contributed by atoms with Crippen LogP contribution in [0.1, 0.15) is 13.3 Å². The molecular weight excluding hydrogens is 260 g/mol. The van der Waals surface area contributed by atoms with Crippen LogP contribution in [0.2, 0.25) is 0 Å². The molecular formula is C14H20N2O4. The van der Waals surface area contributed by atoms with Crippen molar-refractivity contribution in [2.24, 2.45) is 0 Å². The van der Waals surface area contributed by atoms with Crippen molar-refractivity contribution in [3.63, 3.8) is 0 Å². The number of β-amino-alcohol motifs (C(OH)–C–C–N with tert-alkyl or cyclic N) is 1. The van der Waals surface area contributed by atoms with E-state index in [0.29, 0.717) is 17.9 Å². The van der Waals surface area contributed by atoms with E-state index < -0.39 is 11.6 Å². The molecule has 6 heteroatoms. The van der Waals surface area contributed by atoms with Crippen molar-refractivity contribution in [3.8, 4) is 5.75 Å². The lowest BCUT2D eigenvalue weighted by Gasteiger charge is -2.33. The molecule has 0 saturated carbocycles. The van der Waals surface area contributed by atoms with Crippen LogP contribution in [0.4, 0.5) is 10.5 Å². The zero-order valence-corrected chi connectivity index (χ0v) is 11.7. The third kappa shape index (κ3) is 2.86. The number of hydrogen-bond acceptors (Lipinski definition) is 4. The molecule has 0 radical (unpaired) electrons. The summed E-state index contributed by atoms with van der Waals surface area (Å²) in [5.74, 6) is 0.647. The predicted octanol–water partition coefficient (Wildman–Crippen LogP) is 1.04. The van der Waals surface area contributed by atoms with Gasteiger partial charge in [-0.1, -0.05) is 6.07 Å². The van der Waals surface area contributed by atoms with Crippen molar-refractivity contribution in [2.75, 3.05) is 25.6 Å². The molecule has 0 aromatic heterocycles. The fourth-order valence-corrected chi connectivity index (χ4v) is 2.48. The molecule has 1 aliphatic heterocycles. The molecule has 0 bridgehead atoms. The number of nitrogens with one attached hydrogen (secondary N) is 1. The highest BCUT2D eigenvalue weighted by Crippen LogP contribution is 2.29. The van der Waals surface area contributed by atoms with Crippen LogP contribution in [0.15, 0.2) is 24.3 Å². The van der Waals surface area contributed by atoms with E-state index in [4.69, 9.17) is 4.74 Å². The SMILES string of the molecule is COc1cccc(NC(=O)N2CC(O)CC2(C)CO)c1. The van der Waals surface area contributed by atoms with Crippen molar-refractivity contribution >= 4 is 11.7 Å². The Balaban J connectivity index is 2.11. The van der Waals surface area contributed by atoms with Crippen LogP contribution in [-0.4, -0.2) is 53.0 Å². The monoisotopic (exact) mass is 280 g/mol. The number of anilines is 1. The number of carbonyl (C=O) groups is 1. The van der Waals surface area contributed by atoms with E-state index in [1.165, 1.54) is 4.90 Å². The summed E-state index contributed by atoms with van der Waals surface area (Å²) in [6.07, 6.45) is -0.238. The number of methoxy groups -OCH3 is 1. The number of ether oxygens (including phenoxy) is 1. The van der Waals surface area contributed by atoms with Gasteiger partial charge in [0.1, 0.15) is 5.75 Å². The molecule has 20 heavy (non-hydrogen) atoms. The Morgan fingerprint density at radius 1 is 1.60 bits per heavy atom. The molecule has 3 N–H and O–H groups in total. The minimum absolute atomic E-state index is 0.185. The molecule has 0 spiro atoms. The van der Waals surface area contributed by atoms with Gasteiger partial charge in [0.15, 0.2) is 0 Å². The van der Waals surface area contributed by atoms with Crippen LogP contribution < -0.4 is 10.1 Å². The average molecular weight is 280 g/mol. The van der Waals surface area contributed by atoms with Gasteiger partial charge in [-0.15, -0.1) is 0 Å². The highest BCUT2D eigenvalue weighted by molar-refractivity contribution is 5.90. The van der Waals surface area contributed by atoms with Gasteiger partial charge >= 0.3 is 6.03 Å². The Bertz CT molecular complexity index is 494. The van der Waals surface area contributed by atoms with Gasteiger partial charge < -0.3 is 25.2 Å². The number of aliphatic hydroxyl groups is 2. The van der Waals surface area contributed by atoms with Crippen molar-refractivity contribution in [3.05, 3.63) is 24.3 Å². The maximum absolute atomic E-state index is 12.3. The molecule has 2 atom stereocenters. The molecule has 1 fully saturated rings. The van der Waals surface area contributed by atoms with E-state index in [9.17, 15) is 15.0 Å². The van der Waals surface area contributed by atoms with Crippen LogP contribution in [0.5, 0.6) is 5.75 Å². The maximum atomic E-state index is 12.3. The minimum Gasteiger partial charge on any atom is -0.497 e. The summed E-state index contributed by atoms with van der Waals surface area (Å²) < 4.78 is 5.10. The van der Waals surface area contributed by atoms with E-state index in [1.54, 1.807) is 38.3 Å². The lowest BCUT2D eigenvalue weighted by molar-refractivity contribution is 0.103. The van der Waals surface area contributed by atoms with Crippen molar-refractivity contribution in [1.82, 2.24) is 4.90 Å². The van der Waals surface area contributed by atoms with Gasteiger partial charge in [0.25, 0.3) is 0 Å². The number of carbonyl (C=O) groups excluding carboxylic acids is 1. The highest BCUT2D eigenvalue weighted by Gasteiger charge is 2.43. The minimum atomic E-state index is -0.734. The summed E-state index contributed by atoms with van der Waals surface area (Å²) in [6.45, 7) is 1.79. The number of nitrogens with zero attached hydrogens (tertiary/aromatic N) is 1. The standard InChI is InChI=1S/C14H20N2O4/c1-14(9-17)7-11(18)8-16(14)13(19)15-10-4-3-5-12(6-10)20-2/h3-6,11,17-18H,7-9H2,1-2H3,(H,15,19). The molecule has 1 aromatic rings. The predicted molar refractivity (Wildman–Crippen MR) is 74.8 cm³/mol. The fraction of sp³-hybridized carbons (Fsp3) is 0.500. The second kappa shape index (κ2) is 5.68. The zero-order valence-electron chi connectivity index (χ0n) is 11.7. The van der Waals surface area contributed by atoms with Gasteiger partial charge in [-0.05, 0) is 19.1 Å². The van der Waals surface area contributed by atoms with E-state index >= 15 is 0 Å². The van der Waals surface area contributed by atoms with Crippen LogP contribution in [-0.2, 0) is 0 Å². The Hall–Kier alpha value is -1.79. The Morgan fingerprint density at radius 2 is 2.35 bits per heavy atom. The van der Waals surface area contributed by atoms with Gasteiger partial charge in [-0.25, -0.2) is 4.79 Å². The number of likely N-dealkylation sites (tertiary alicyclic amines) is 1. The number of hydrogen-bond donors (Lipinski definition) is 3. The highest BCUT2D eigenvalue weighted by atomic mass is 16.5. The lowest BCUT2D eigenvalue weighted by atomic mass is 10.00. The quantitative estimate of drug-likeness (QED) is 0.773. The summed E-state index contributed by atoms with van der Waals surface area (Å²) in [6, 6.07) is 6.68. The summed E-state index contributed by atoms with van der Waals surface area (Å²) in [4.78, 5) is 13.8. The summed E-state index contributed by atoms with van der Waals surface area (Å²) in [5, 5.41) is 21.9. The first kappa shape index (κ1) is 14.6. The molecule has 110 valence electrons. The molecule has 0 aliphatic carbocycles. The molecule has 1 saturated heterocycles. The normalized spacial score (nSPS) is 25.6. The molecule has 1 aliphatic rings. The van der Waals surface area contributed by atoms with Crippen LogP contribution in [0.25, 0.3) is 0 Å². The molecule has 2 unspecified atom stereocenters. The lowest BCUT2D eigenvalue weighted by Crippen LogP contribution is -2.49. The first-order valence-electron chi connectivity index (χ1n) is 6.50. The number of amides is 2.